The molecular weight excluding hydrogens is 447 g/mol. The number of hydrogen-bond donors (Lipinski definition) is 2. The summed E-state index contributed by atoms with van der Waals surface area (Å²) in [7, 11) is 0. The normalized spacial score (nSPS) is 25.8. The Hall–Kier alpha value is -3.80. The molecule has 3 aliphatic rings. The zero-order chi connectivity index (χ0) is 23.9. The average molecular weight is 468 g/mol. The molecule has 176 valence electrons. The van der Waals surface area contributed by atoms with Gasteiger partial charge in [0.25, 0.3) is 0 Å². The van der Waals surface area contributed by atoms with Gasteiger partial charge >= 0.3 is 6.03 Å². The highest BCUT2D eigenvalue weighted by atomic mass is 19.1. The van der Waals surface area contributed by atoms with Gasteiger partial charge in [-0.25, -0.2) is 13.9 Å². The number of halogens is 1. The van der Waals surface area contributed by atoms with Crippen LogP contribution in [-0.4, -0.2) is 57.6 Å². The van der Waals surface area contributed by atoms with Gasteiger partial charge in [0.2, 0.25) is 23.2 Å². The number of amides is 4. The first kappa shape index (κ1) is 20.8. The number of carbonyl (C=O) groups is 3. The first-order valence-corrected chi connectivity index (χ1v) is 10.9. The van der Waals surface area contributed by atoms with Crippen molar-refractivity contribution < 1.29 is 28.0 Å². The summed E-state index contributed by atoms with van der Waals surface area (Å²) < 4.78 is 28.8. The highest BCUT2D eigenvalue weighted by Gasteiger charge is 2.63. The van der Waals surface area contributed by atoms with Gasteiger partial charge in [-0.05, 0) is 38.0 Å². The lowest BCUT2D eigenvalue weighted by Crippen LogP contribution is -2.75. The second kappa shape index (κ2) is 6.86. The van der Waals surface area contributed by atoms with Gasteiger partial charge in [0, 0.05) is 19.2 Å². The van der Waals surface area contributed by atoms with Crippen molar-refractivity contribution in [1.82, 2.24) is 25.6 Å². The molecule has 2 aromatic heterocycles. The molecular formula is C22H21FN6O5. The molecule has 0 unspecified atom stereocenters. The molecule has 0 bridgehead atoms. The van der Waals surface area contributed by atoms with Crippen LogP contribution in [0.3, 0.4) is 0 Å². The van der Waals surface area contributed by atoms with Crippen LogP contribution in [0.25, 0.3) is 16.8 Å². The number of barbiturate groups is 1. The van der Waals surface area contributed by atoms with Crippen LogP contribution in [0.2, 0.25) is 0 Å². The number of hydrogen-bond acceptors (Lipinski definition) is 8. The smallest absolute Gasteiger partial charge is 0.328 e. The lowest BCUT2D eigenvalue weighted by atomic mass is 9.66. The molecule has 3 aliphatic heterocycles. The number of urea groups is 1. The summed E-state index contributed by atoms with van der Waals surface area (Å²) >= 11 is 0. The van der Waals surface area contributed by atoms with Crippen LogP contribution >= 0.6 is 0 Å². The Morgan fingerprint density at radius 2 is 1.94 bits per heavy atom. The number of aromatic nitrogens is 3. The minimum atomic E-state index is -1.69. The van der Waals surface area contributed by atoms with Gasteiger partial charge in [-0.1, -0.05) is 5.16 Å². The van der Waals surface area contributed by atoms with E-state index in [0.29, 0.717) is 10.9 Å². The first-order valence-electron chi connectivity index (χ1n) is 10.9. The van der Waals surface area contributed by atoms with Crippen molar-refractivity contribution in [2.45, 2.75) is 45.4 Å². The van der Waals surface area contributed by atoms with Crippen LogP contribution in [0.5, 0.6) is 0 Å². The molecule has 6 rings (SSSR count). The van der Waals surface area contributed by atoms with Crippen LogP contribution in [0.15, 0.2) is 23.0 Å². The molecule has 0 aliphatic carbocycles. The van der Waals surface area contributed by atoms with E-state index in [1.54, 1.807) is 30.3 Å². The largest absolute Gasteiger partial charge is 0.372 e. The van der Waals surface area contributed by atoms with Gasteiger partial charge in [0.1, 0.15) is 0 Å². The zero-order valence-electron chi connectivity index (χ0n) is 18.6. The SMILES string of the molecule is Cc1cnn(-c2noc3c(F)c4c(cc23)CC2(C(=O)NC(=O)NC2=O)[C@@H]2[C@@H](C)O[C@@H](C)CN42)c1. The Labute approximate surface area is 192 Å². The fraction of sp³-hybridized carbons (Fsp3) is 0.409. The maximum atomic E-state index is 16.0. The van der Waals surface area contributed by atoms with Crippen LogP contribution in [0.1, 0.15) is 25.0 Å². The lowest BCUT2D eigenvalue weighted by Gasteiger charge is -2.55. The number of morpholine rings is 1. The third-order valence-corrected chi connectivity index (χ3v) is 6.87. The molecule has 2 fully saturated rings. The number of anilines is 1. The number of imide groups is 2. The molecule has 4 amide bonds. The predicted molar refractivity (Wildman–Crippen MR) is 115 cm³/mol. The third-order valence-electron chi connectivity index (χ3n) is 6.87. The second-order valence-electron chi connectivity index (χ2n) is 9.18. The molecule has 0 radical (unpaired) electrons. The second-order valence-corrected chi connectivity index (χ2v) is 9.18. The van der Waals surface area contributed by atoms with Gasteiger partial charge in [-0.3, -0.25) is 20.2 Å². The Balaban J connectivity index is 1.60. The summed E-state index contributed by atoms with van der Waals surface area (Å²) in [6.07, 6.45) is 2.34. The van der Waals surface area contributed by atoms with Crippen molar-refractivity contribution in [3.05, 3.63) is 35.4 Å². The van der Waals surface area contributed by atoms with Crippen molar-refractivity contribution in [2.75, 3.05) is 11.4 Å². The van der Waals surface area contributed by atoms with E-state index in [0.717, 1.165) is 5.56 Å². The number of benzene rings is 1. The average Bonchev–Trinajstić information content (AvgIpc) is 3.37. The first-order chi connectivity index (χ1) is 16.2. The van der Waals surface area contributed by atoms with E-state index >= 15 is 4.39 Å². The maximum Gasteiger partial charge on any atom is 0.328 e. The summed E-state index contributed by atoms with van der Waals surface area (Å²) in [4.78, 5) is 40.1. The van der Waals surface area contributed by atoms with Crippen LogP contribution < -0.4 is 15.5 Å². The van der Waals surface area contributed by atoms with E-state index in [-0.39, 0.29) is 36.2 Å². The molecule has 2 N–H and O–H groups in total. The van der Waals surface area contributed by atoms with E-state index in [1.165, 1.54) is 4.68 Å². The van der Waals surface area contributed by atoms with E-state index in [4.69, 9.17) is 9.26 Å². The number of nitrogens with one attached hydrogen (secondary N) is 2. The Morgan fingerprint density at radius 1 is 1.21 bits per heavy atom. The lowest BCUT2D eigenvalue weighted by molar-refractivity contribution is -0.153. The quantitative estimate of drug-likeness (QED) is 0.512. The Kier molecular flexibility index (Phi) is 4.19. The summed E-state index contributed by atoms with van der Waals surface area (Å²) in [5, 5.41) is 13.1. The van der Waals surface area contributed by atoms with E-state index in [2.05, 4.69) is 20.9 Å². The fourth-order valence-electron chi connectivity index (χ4n) is 5.63. The number of rotatable bonds is 1. The highest BCUT2D eigenvalue weighted by Crippen LogP contribution is 2.49. The number of fused-ring (bicyclic) bond motifs is 5. The van der Waals surface area contributed by atoms with Crippen LogP contribution in [-0.2, 0) is 20.7 Å². The van der Waals surface area contributed by atoms with Gasteiger partial charge in [-0.15, -0.1) is 0 Å². The Morgan fingerprint density at radius 3 is 2.62 bits per heavy atom. The van der Waals surface area contributed by atoms with Gasteiger partial charge in [0.15, 0.2) is 11.2 Å². The topological polar surface area (TPSA) is 132 Å². The summed E-state index contributed by atoms with van der Waals surface area (Å²) in [6.45, 7) is 5.67. The third kappa shape index (κ3) is 2.62. The van der Waals surface area contributed by atoms with Crippen LogP contribution in [0.4, 0.5) is 14.9 Å². The molecule has 3 aromatic rings. The van der Waals surface area contributed by atoms with E-state index in [9.17, 15) is 14.4 Å². The van der Waals surface area contributed by atoms with Gasteiger partial charge in [-0.2, -0.15) is 5.10 Å². The van der Waals surface area contributed by atoms with Crippen LogP contribution in [0, 0.1) is 18.2 Å². The highest BCUT2D eigenvalue weighted by molar-refractivity contribution is 6.20. The number of nitrogens with zero attached hydrogens (tertiary/aromatic N) is 4. The zero-order valence-corrected chi connectivity index (χ0v) is 18.6. The molecule has 12 heteroatoms. The number of aryl methyl sites for hydroxylation is 1. The van der Waals surface area contributed by atoms with Crippen molar-refractivity contribution in [3.63, 3.8) is 0 Å². The standard InChI is InChI=1S/C22H21FN6O5/c1-9-6-24-29(7-9)18-13-4-12-5-22(19(30)25-21(32)26-20(22)31)17-11(3)33-10(2)8-28(17)15(12)14(23)16(13)34-27-18/h4,6-7,10-11,17H,5,8H2,1-3H3,(H2,25,26,30,31,32)/t10-,11+,17-/m0/s1. The number of ether oxygens (including phenoxy) is 1. The van der Waals surface area contributed by atoms with Crippen molar-refractivity contribution >= 4 is 34.5 Å². The summed E-state index contributed by atoms with van der Waals surface area (Å²) in [5.41, 5.74) is -0.193. The Bertz CT molecular complexity index is 1380. The molecule has 1 spiro atoms. The molecule has 5 heterocycles. The minimum absolute atomic E-state index is 0.0453. The maximum absolute atomic E-state index is 16.0. The van der Waals surface area contributed by atoms with E-state index < -0.39 is 41.2 Å². The predicted octanol–water partition coefficient (Wildman–Crippen LogP) is 1.35. The van der Waals surface area contributed by atoms with Gasteiger partial charge < -0.3 is 14.2 Å². The molecule has 1 aromatic carbocycles. The van der Waals surface area contributed by atoms with Gasteiger partial charge in [0.05, 0.1) is 35.5 Å². The minimum Gasteiger partial charge on any atom is -0.372 e. The molecule has 34 heavy (non-hydrogen) atoms. The number of carbonyl (C=O) groups excluding carboxylic acids is 3. The molecule has 0 saturated carbocycles. The monoisotopic (exact) mass is 468 g/mol. The fourth-order valence-corrected chi connectivity index (χ4v) is 5.63. The molecule has 3 atom stereocenters. The molecule has 11 nitrogen and oxygen atoms in total. The summed E-state index contributed by atoms with van der Waals surface area (Å²) in [5.74, 6) is -1.82. The van der Waals surface area contributed by atoms with Crippen molar-refractivity contribution in [1.29, 1.82) is 0 Å². The van der Waals surface area contributed by atoms with Crippen molar-refractivity contribution in [2.24, 2.45) is 5.41 Å². The molecule has 2 saturated heterocycles. The van der Waals surface area contributed by atoms with Crippen molar-refractivity contribution in [3.8, 4) is 5.82 Å². The van der Waals surface area contributed by atoms with E-state index in [1.807, 2.05) is 13.8 Å². The summed E-state index contributed by atoms with van der Waals surface area (Å²) in [6, 6.07) is -0.0452.